The number of nitrogens with zero attached hydrogens (tertiary/aromatic N) is 1. The van der Waals surface area contributed by atoms with Gasteiger partial charge in [-0.25, -0.2) is 11.4 Å². The maximum absolute atomic E-state index is 14.1. The lowest BCUT2D eigenvalue weighted by Gasteiger charge is -2.30. The third-order valence-corrected chi connectivity index (χ3v) is 4.52. The smallest absolute Gasteiger partial charge is 0.401 e. The zero-order chi connectivity index (χ0) is 20.9. The van der Waals surface area contributed by atoms with Gasteiger partial charge in [-0.3, -0.25) is 9.64 Å². The molecule has 0 aliphatic heterocycles. The predicted molar refractivity (Wildman–Crippen MR) is 96.4 cm³/mol. The fourth-order valence-electron chi connectivity index (χ4n) is 3.11. The van der Waals surface area contributed by atoms with Crippen LogP contribution in [0.15, 0.2) is 54.6 Å². The maximum Gasteiger partial charge on any atom is 0.401 e. The van der Waals surface area contributed by atoms with Gasteiger partial charge in [0, 0.05) is 17.5 Å². The fourth-order valence-corrected chi connectivity index (χ4v) is 3.11. The lowest BCUT2D eigenvalue weighted by molar-refractivity contribution is -0.197. The minimum Gasteiger partial charge on any atom is -0.463 e. The van der Waals surface area contributed by atoms with Crippen molar-refractivity contribution < 1.29 is 27.5 Å². The van der Waals surface area contributed by atoms with Gasteiger partial charge in [0.05, 0.1) is 7.11 Å². The Morgan fingerprint density at radius 2 is 1.75 bits per heavy atom. The van der Waals surface area contributed by atoms with Crippen LogP contribution in [0.25, 0.3) is 4.85 Å². The Bertz CT molecular complexity index is 903. The van der Waals surface area contributed by atoms with Gasteiger partial charge in [0.2, 0.25) is 0 Å². The SMILES string of the molecule is [C-]#[N+][C@@](C(=O)OC)(c1cccc(C)c1)[C@H](CC(=O)c1ccccc1)C(F)(F)F. The van der Waals surface area contributed by atoms with Crippen molar-refractivity contribution in [2.75, 3.05) is 7.11 Å². The Kier molecular flexibility index (Phi) is 6.24. The number of hydrogen-bond donors (Lipinski definition) is 0. The maximum atomic E-state index is 14.1. The highest BCUT2D eigenvalue weighted by atomic mass is 19.4. The zero-order valence-corrected chi connectivity index (χ0v) is 15.3. The molecule has 2 atom stereocenters. The van der Waals surface area contributed by atoms with Crippen LogP contribution in [-0.4, -0.2) is 25.0 Å². The number of ether oxygens (including phenoxy) is 1. The van der Waals surface area contributed by atoms with Crippen molar-refractivity contribution in [1.29, 1.82) is 0 Å². The third kappa shape index (κ3) is 4.06. The molecule has 0 heterocycles. The molecule has 0 radical (unpaired) electrons. The van der Waals surface area contributed by atoms with Gasteiger partial charge in [-0.15, -0.1) is 0 Å². The van der Waals surface area contributed by atoms with Gasteiger partial charge in [0.1, 0.15) is 0 Å². The first-order chi connectivity index (χ1) is 13.2. The molecule has 0 spiro atoms. The van der Waals surface area contributed by atoms with Crippen molar-refractivity contribution in [3.8, 4) is 0 Å². The second-order valence-corrected chi connectivity index (χ2v) is 6.33. The number of hydrogen-bond acceptors (Lipinski definition) is 3. The molecule has 0 aromatic heterocycles. The normalized spacial score (nSPS) is 14.4. The molecule has 0 aliphatic rings. The van der Waals surface area contributed by atoms with E-state index in [-0.39, 0.29) is 11.1 Å². The van der Waals surface area contributed by atoms with Gasteiger partial charge in [-0.1, -0.05) is 54.1 Å². The summed E-state index contributed by atoms with van der Waals surface area (Å²) in [5.74, 6) is -4.73. The standard InChI is InChI=1S/C21H18F3NO3/c1-14-8-7-11-16(12-14)20(25-2,19(27)28-3)18(21(22,23)24)13-17(26)15-9-5-4-6-10-15/h4-12,18H,13H2,1,3H3/t18-,20-/m0/s1. The van der Waals surface area contributed by atoms with Crippen molar-refractivity contribution in [2.45, 2.75) is 25.1 Å². The summed E-state index contributed by atoms with van der Waals surface area (Å²) < 4.78 is 46.8. The van der Waals surface area contributed by atoms with Gasteiger partial charge in [-0.2, -0.15) is 13.2 Å². The first kappa shape index (κ1) is 21.2. The minimum absolute atomic E-state index is 0.0738. The molecular formula is C21H18F3NO3. The van der Waals surface area contributed by atoms with E-state index in [0.717, 1.165) is 7.11 Å². The van der Waals surface area contributed by atoms with Crippen LogP contribution >= 0.6 is 0 Å². The summed E-state index contributed by atoms with van der Waals surface area (Å²) in [6.07, 6.45) is -6.05. The number of benzene rings is 2. The quantitative estimate of drug-likeness (QED) is 0.408. The van der Waals surface area contributed by atoms with Crippen molar-refractivity contribution in [3.63, 3.8) is 0 Å². The number of esters is 1. The van der Waals surface area contributed by atoms with Crippen LogP contribution in [0.2, 0.25) is 0 Å². The molecular weight excluding hydrogens is 371 g/mol. The van der Waals surface area contributed by atoms with Crippen LogP contribution in [-0.2, 0) is 15.1 Å². The Morgan fingerprint density at radius 3 is 2.25 bits per heavy atom. The largest absolute Gasteiger partial charge is 0.463 e. The van der Waals surface area contributed by atoms with E-state index in [1.807, 2.05) is 0 Å². The van der Waals surface area contributed by atoms with Gasteiger partial charge in [0.25, 0.3) is 0 Å². The van der Waals surface area contributed by atoms with Crippen LogP contribution in [0.1, 0.15) is 27.9 Å². The van der Waals surface area contributed by atoms with E-state index in [1.54, 1.807) is 19.1 Å². The average molecular weight is 389 g/mol. The summed E-state index contributed by atoms with van der Waals surface area (Å²) in [4.78, 5) is 28.2. The first-order valence-corrected chi connectivity index (χ1v) is 8.36. The molecule has 2 aromatic rings. The molecule has 0 aliphatic carbocycles. The molecule has 2 rings (SSSR count). The Hall–Kier alpha value is -3.14. The van der Waals surface area contributed by atoms with E-state index in [2.05, 4.69) is 9.58 Å². The molecule has 0 saturated heterocycles. The molecule has 146 valence electrons. The second kappa shape index (κ2) is 8.26. The van der Waals surface area contributed by atoms with E-state index >= 15 is 0 Å². The van der Waals surface area contributed by atoms with Gasteiger partial charge in [-0.05, 0) is 13.0 Å². The number of rotatable bonds is 6. The van der Waals surface area contributed by atoms with E-state index in [4.69, 9.17) is 6.57 Å². The molecule has 28 heavy (non-hydrogen) atoms. The number of ketones is 1. The lowest BCUT2D eigenvalue weighted by Crippen LogP contribution is -2.48. The highest BCUT2D eigenvalue weighted by molar-refractivity contribution is 5.97. The van der Waals surface area contributed by atoms with E-state index in [1.165, 1.54) is 42.5 Å². The van der Waals surface area contributed by atoms with Crippen LogP contribution in [0.4, 0.5) is 13.2 Å². The van der Waals surface area contributed by atoms with Gasteiger partial charge in [0.15, 0.2) is 11.7 Å². The predicted octanol–water partition coefficient (Wildman–Crippen LogP) is 4.73. The van der Waals surface area contributed by atoms with Crippen LogP contribution in [0.3, 0.4) is 0 Å². The van der Waals surface area contributed by atoms with Crippen molar-refractivity contribution in [2.24, 2.45) is 5.92 Å². The molecule has 0 unspecified atom stereocenters. The number of carbonyl (C=O) groups excluding carboxylic acids is 2. The molecule has 2 aromatic carbocycles. The summed E-state index contributed by atoms with van der Waals surface area (Å²) in [5, 5.41) is 0. The van der Waals surface area contributed by atoms with Crippen molar-refractivity contribution >= 4 is 11.8 Å². The van der Waals surface area contributed by atoms with Crippen molar-refractivity contribution in [3.05, 3.63) is 82.7 Å². The fraction of sp³-hybridized carbons (Fsp3) is 0.286. The molecule has 0 N–H and O–H groups in total. The molecule has 7 heteroatoms. The number of carbonyl (C=O) groups is 2. The Morgan fingerprint density at radius 1 is 1.11 bits per heavy atom. The lowest BCUT2D eigenvalue weighted by atomic mass is 9.74. The second-order valence-electron chi connectivity index (χ2n) is 6.33. The first-order valence-electron chi connectivity index (χ1n) is 8.36. The topological polar surface area (TPSA) is 47.7 Å². The number of alkyl halides is 3. The molecule has 0 saturated carbocycles. The molecule has 0 fully saturated rings. The summed E-state index contributed by atoms with van der Waals surface area (Å²) >= 11 is 0. The highest BCUT2D eigenvalue weighted by Crippen LogP contribution is 2.47. The van der Waals surface area contributed by atoms with Gasteiger partial charge < -0.3 is 4.74 Å². The van der Waals surface area contributed by atoms with Crippen molar-refractivity contribution in [1.82, 2.24) is 0 Å². The van der Waals surface area contributed by atoms with E-state index < -0.39 is 35.8 Å². The van der Waals surface area contributed by atoms with Crippen LogP contribution < -0.4 is 0 Å². The molecule has 0 bridgehead atoms. The molecule has 0 amide bonds. The summed E-state index contributed by atoms with van der Waals surface area (Å²) in [7, 11) is 0.921. The Labute approximate surface area is 160 Å². The monoisotopic (exact) mass is 389 g/mol. The van der Waals surface area contributed by atoms with E-state index in [9.17, 15) is 22.8 Å². The number of halogens is 3. The van der Waals surface area contributed by atoms with Crippen LogP contribution in [0, 0.1) is 19.4 Å². The van der Waals surface area contributed by atoms with E-state index in [0.29, 0.717) is 5.56 Å². The number of aryl methyl sites for hydroxylation is 1. The summed E-state index contributed by atoms with van der Waals surface area (Å²) in [6, 6.07) is 13.2. The summed E-state index contributed by atoms with van der Waals surface area (Å²) in [5.41, 5.74) is -2.23. The van der Waals surface area contributed by atoms with Crippen LogP contribution in [0.5, 0.6) is 0 Å². The summed E-state index contributed by atoms with van der Waals surface area (Å²) in [6.45, 7) is 9.15. The Balaban J connectivity index is 2.65. The molecule has 4 nitrogen and oxygen atoms in total. The zero-order valence-electron chi connectivity index (χ0n) is 15.3. The number of Topliss-reactive ketones (excluding diaryl/α,β-unsaturated/α-hetero) is 1. The van der Waals surface area contributed by atoms with Gasteiger partial charge >= 0.3 is 17.7 Å². The minimum atomic E-state index is -4.99. The average Bonchev–Trinajstić information content (AvgIpc) is 2.67. The third-order valence-electron chi connectivity index (χ3n) is 4.52. The highest BCUT2D eigenvalue weighted by Gasteiger charge is 2.66. The number of methoxy groups -OCH3 is 1.